The molecule has 2 heterocycles. The van der Waals surface area contributed by atoms with Crippen molar-refractivity contribution < 1.29 is 0 Å². The molecule has 130 valence electrons. The molecule has 0 radical (unpaired) electrons. The molecule has 4 heteroatoms. The van der Waals surface area contributed by atoms with E-state index in [2.05, 4.69) is 40.9 Å². The monoisotopic (exact) mass is 326 g/mol. The lowest BCUT2D eigenvalue weighted by Gasteiger charge is -2.34. The number of aryl methyl sites for hydroxylation is 2. The Bertz CT molecular complexity index is 691. The van der Waals surface area contributed by atoms with Crippen LogP contribution in [-0.2, 0) is 6.42 Å². The second kappa shape index (κ2) is 6.75. The number of nitrogens with zero attached hydrogens (tertiary/aromatic N) is 3. The molecular weight excluding hydrogens is 296 g/mol. The zero-order chi connectivity index (χ0) is 16.5. The van der Waals surface area contributed by atoms with E-state index < -0.39 is 0 Å². The smallest absolute Gasteiger partial charge is 0.107 e. The number of hydrogen-bond acceptors (Lipinski definition) is 3. The van der Waals surface area contributed by atoms with Gasteiger partial charge in [0, 0.05) is 38.3 Å². The minimum absolute atomic E-state index is 0.931. The number of aromatic nitrogens is 2. The van der Waals surface area contributed by atoms with Crippen molar-refractivity contribution in [1.29, 1.82) is 0 Å². The molecule has 1 N–H and O–H groups in total. The van der Waals surface area contributed by atoms with Gasteiger partial charge in [-0.3, -0.25) is 0 Å². The van der Waals surface area contributed by atoms with E-state index >= 15 is 0 Å². The molecule has 1 aliphatic heterocycles. The van der Waals surface area contributed by atoms with Crippen LogP contribution >= 0.6 is 0 Å². The summed E-state index contributed by atoms with van der Waals surface area (Å²) in [6.07, 6.45) is 8.10. The predicted molar refractivity (Wildman–Crippen MR) is 101 cm³/mol. The third kappa shape index (κ3) is 3.30. The van der Waals surface area contributed by atoms with Crippen LogP contribution in [0.4, 0.5) is 5.69 Å². The Labute approximate surface area is 145 Å². The molecule has 24 heavy (non-hydrogen) atoms. The second-order valence-electron chi connectivity index (χ2n) is 7.82. The molecule has 4 rings (SSSR count). The van der Waals surface area contributed by atoms with Crippen molar-refractivity contribution in [3.63, 3.8) is 0 Å². The minimum atomic E-state index is 0.931. The maximum atomic E-state index is 4.89. The normalized spacial score (nSPS) is 20.3. The van der Waals surface area contributed by atoms with Gasteiger partial charge in [0.25, 0.3) is 0 Å². The lowest BCUT2D eigenvalue weighted by atomic mass is 10.0. The fourth-order valence-electron chi connectivity index (χ4n) is 4.33. The van der Waals surface area contributed by atoms with Crippen LogP contribution in [0.25, 0.3) is 11.0 Å². The number of imidazole rings is 1. The number of aromatic amines is 1. The summed E-state index contributed by atoms with van der Waals surface area (Å²) in [4.78, 5) is 13.4. The van der Waals surface area contributed by atoms with Crippen molar-refractivity contribution in [2.24, 2.45) is 5.92 Å². The molecule has 0 bridgehead atoms. The first-order chi connectivity index (χ1) is 11.7. The average molecular weight is 326 g/mol. The summed E-state index contributed by atoms with van der Waals surface area (Å²) in [5.74, 6) is 2.11. The number of H-pyrrole nitrogens is 1. The van der Waals surface area contributed by atoms with Crippen molar-refractivity contribution >= 4 is 16.7 Å². The Hall–Kier alpha value is -1.55. The van der Waals surface area contributed by atoms with Crippen molar-refractivity contribution in [2.45, 2.75) is 45.4 Å². The van der Waals surface area contributed by atoms with Crippen molar-refractivity contribution in [1.82, 2.24) is 14.9 Å². The van der Waals surface area contributed by atoms with Crippen LogP contribution in [0.2, 0.25) is 0 Å². The van der Waals surface area contributed by atoms with Crippen LogP contribution in [0.1, 0.15) is 43.5 Å². The van der Waals surface area contributed by atoms with Gasteiger partial charge in [-0.1, -0.05) is 25.7 Å². The fraction of sp³-hybridized carbons (Fsp3) is 0.650. The Morgan fingerprint density at radius 3 is 2.62 bits per heavy atom. The van der Waals surface area contributed by atoms with Gasteiger partial charge >= 0.3 is 0 Å². The highest BCUT2D eigenvalue weighted by Crippen LogP contribution is 2.29. The van der Waals surface area contributed by atoms with E-state index in [-0.39, 0.29) is 0 Å². The summed E-state index contributed by atoms with van der Waals surface area (Å²) in [5, 5.41) is 0. The molecule has 4 nitrogen and oxygen atoms in total. The summed E-state index contributed by atoms with van der Waals surface area (Å²) < 4.78 is 0. The average Bonchev–Trinajstić information content (AvgIpc) is 3.23. The molecule has 2 aliphatic rings. The van der Waals surface area contributed by atoms with Gasteiger partial charge in [0.05, 0.1) is 11.0 Å². The van der Waals surface area contributed by atoms with Crippen LogP contribution in [0, 0.1) is 12.8 Å². The molecule has 1 saturated carbocycles. The van der Waals surface area contributed by atoms with Crippen molar-refractivity contribution in [3.8, 4) is 0 Å². The van der Waals surface area contributed by atoms with E-state index in [1.54, 1.807) is 0 Å². The first kappa shape index (κ1) is 15.9. The topological polar surface area (TPSA) is 35.2 Å². The molecular formula is C20H30N4. The zero-order valence-corrected chi connectivity index (χ0v) is 15.1. The van der Waals surface area contributed by atoms with Crippen LogP contribution in [0.15, 0.2) is 12.1 Å². The van der Waals surface area contributed by atoms with E-state index in [0.29, 0.717) is 0 Å². The summed E-state index contributed by atoms with van der Waals surface area (Å²) in [6, 6.07) is 4.62. The molecule has 1 aromatic carbocycles. The summed E-state index contributed by atoms with van der Waals surface area (Å²) in [7, 11) is 2.21. The number of fused-ring (bicyclic) bond motifs is 1. The summed E-state index contributed by atoms with van der Waals surface area (Å²) >= 11 is 0. The number of anilines is 1. The largest absolute Gasteiger partial charge is 0.369 e. The molecule has 2 fully saturated rings. The highest BCUT2D eigenvalue weighted by atomic mass is 15.2. The molecule has 1 aliphatic carbocycles. The number of likely N-dealkylation sites (N-methyl/N-ethyl adjacent to an activating group) is 1. The Morgan fingerprint density at radius 1 is 1.12 bits per heavy atom. The van der Waals surface area contributed by atoms with Gasteiger partial charge in [-0.2, -0.15) is 0 Å². The summed E-state index contributed by atoms with van der Waals surface area (Å²) in [6.45, 7) is 6.72. The van der Waals surface area contributed by atoms with E-state index in [9.17, 15) is 0 Å². The van der Waals surface area contributed by atoms with E-state index in [0.717, 1.165) is 44.0 Å². The molecule has 0 unspecified atom stereocenters. The van der Waals surface area contributed by atoms with Crippen LogP contribution < -0.4 is 4.90 Å². The standard InChI is InChI=1S/C20H30N4/c1-15-13-17(24-11-9-23(2)10-12-24)14-18-20(15)22-19(21-18)8-7-16-5-3-4-6-16/h13-14,16H,3-12H2,1-2H3,(H,21,22). The number of nitrogens with one attached hydrogen (secondary N) is 1. The zero-order valence-electron chi connectivity index (χ0n) is 15.1. The van der Waals surface area contributed by atoms with E-state index in [1.807, 2.05) is 0 Å². The molecule has 2 aromatic rings. The van der Waals surface area contributed by atoms with Gasteiger partial charge in [0.15, 0.2) is 0 Å². The minimum Gasteiger partial charge on any atom is -0.369 e. The lowest BCUT2D eigenvalue weighted by Crippen LogP contribution is -2.44. The van der Waals surface area contributed by atoms with Gasteiger partial charge in [0.1, 0.15) is 5.82 Å². The maximum Gasteiger partial charge on any atom is 0.107 e. The molecule has 1 aromatic heterocycles. The van der Waals surface area contributed by atoms with Gasteiger partial charge < -0.3 is 14.8 Å². The molecule has 0 amide bonds. The first-order valence-corrected chi connectivity index (χ1v) is 9.62. The number of hydrogen-bond donors (Lipinski definition) is 1. The van der Waals surface area contributed by atoms with Gasteiger partial charge in [0.2, 0.25) is 0 Å². The molecule has 1 saturated heterocycles. The first-order valence-electron chi connectivity index (χ1n) is 9.62. The van der Waals surface area contributed by atoms with Crippen molar-refractivity contribution in [3.05, 3.63) is 23.5 Å². The Kier molecular flexibility index (Phi) is 4.49. The van der Waals surface area contributed by atoms with Gasteiger partial charge in [-0.25, -0.2) is 4.98 Å². The third-order valence-electron chi connectivity index (χ3n) is 5.94. The Balaban J connectivity index is 1.51. The third-order valence-corrected chi connectivity index (χ3v) is 5.94. The van der Waals surface area contributed by atoms with Gasteiger partial charge in [-0.15, -0.1) is 0 Å². The van der Waals surface area contributed by atoms with Crippen LogP contribution in [0.5, 0.6) is 0 Å². The Morgan fingerprint density at radius 2 is 1.88 bits per heavy atom. The quantitative estimate of drug-likeness (QED) is 0.929. The predicted octanol–water partition coefficient (Wildman–Crippen LogP) is 3.75. The summed E-state index contributed by atoms with van der Waals surface area (Å²) in [5.41, 5.74) is 5.02. The van der Waals surface area contributed by atoms with E-state index in [1.165, 1.54) is 54.7 Å². The number of benzene rings is 1. The fourth-order valence-corrected chi connectivity index (χ4v) is 4.33. The SMILES string of the molecule is Cc1cc(N2CCN(C)CC2)cc2[nH]c(CCC3CCCC3)nc12. The highest BCUT2D eigenvalue weighted by Gasteiger charge is 2.18. The van der Waals surface area contributed by atoms with Crippen LogP contribution in [0.3, 0.4) is 0 Å². The molecule has 0 atom stereocenters. The highest BCUT2D eigenvalue weighted by molar-refractivity contribution is 5.83. The lowest BCUT2D eigenvalue weighted by molar-refractivity contribution is 0.313. The number of rotatable bonds is 4. The van der Waals surface area contributed by atoms with Crippen molar-refractivity contribution in [2.75, 3.05) is 38.1 Å². The molecule has 0 spiro atoms. The second-order valence-corrected chi connectivity index (χ2v) is 7.82. The van der Waals surface area contributed by atoms with E-state index in [4.69, 9.17) is 4.98 Å². The maximum absolute atomic E-state index is 4.89. The van der Waals surface area contributed by atoms with Gasteiger partial charge in [-0.05, 0) is 44.0 Å². The van der Waals surface area contributed by atoms with Crippen LogP contribution in [-0.4, -0.2) is 48.1 Å². The number of piperazine rings is 1.